The molecular formula is C22H23N2O3S2-. The molecule has 7 heteroatoms. The van der Waals surface area contributed by atoms with Crippen molar-refractivity contribution in [1.29, 1.82) is 0 Å². The van der Waals surface area contributed by atoms with Crippen molar-refractivity contribution in [3.8, 4) is 0 Å². The van der Waals surface area contributed by atoms with Crippen molar-refractivity contribution in [3.63, 3.8) is 0 Å². The van der Waals surface area contributed by atoms with E-state index in [2.05, 4.69) is 5.32 Å². The Morgan fingerprint density at radius 1 is 1.10 bits per heavy atom. The van der Waals surface area contributed by atoms with Crippen LogP contribution in [0.4, 0.5) is 5.00 Å². The van der Waals surface area contributed by atoms with Crippen molar-refractivity contribution in [2.45, 2.75) is 44.7 Å². The minimum atomic E-state index is -2.41. The van der Waals surface area contributed by atoms with Crippen LogP contribution in [0.25, 0.3) is 10.1 Å². The van der Waals surface area contributed by atoms with Gasteiger partial charge in [0.1, 0.15) is 5.00 Å². The van der Waals surface area contributed by atoms with Crippen LogP contribution in [-0.4, -0.2) is 20.7 Å². The second-order valence-electron chi connectivity index (χ2n) is 7.38. The Balaban J connectivity index is 1.51. The lowest BCUT2D eigenvalue weighted by Gasteiger charge is -2.25. The first-order valence-corrected chi connectivity index (χ1v) is 11.7. The highest BCUT2D eigenvalue weighted by atomic mass is 32.2. The van der Waals surface area contributed by atoms with Crippen LogP contribution in [0, 0.1) is 0 Å². The number of anilines is 1. The maximum Gasteiger partial charge on any atom is 0.251 e. The Morgan fingerprint density at radius 3 is 2.66 bits per heavy atom. The largest absolute Gasteiger partial charge is 0.755 e. The third-order valence-electron chi connectivity index (χ3n) is 5.29. The molecule has 1 atom stereocenters. The molecule has 0 bridgehead atoms. The number of hydrogen-bond acceptors (Lipinski definition) is 4. The molecule has 1 heterocycles. The minimum Gasteiger partial charge on any atom is -0.755 e. The van der Waals surface area contributed by atoms with Gasteiger partial charge in [-0.3, -0.25) is 13.3 Å². The van der Waals surface area contributed by atoms with Gasteiger partial charge in [0.25, 0.3) is 5.91 Å². The molecule has 29 heavy (non-hydrogen) atoms. The summed E-state index contributed by atoms with van der Waals surface area (Å²) in [5.41, 5.74) is 1.35. The third-order valence-corrected chi connectivity index (χ3v) is 7.23. The lowest BCUT2D eigenvalue weighted by molar-refractivity contribution is 0.0927. The molecule has 0 spiro atoms. The first-order chi connectivity index (χ1) is 14.1. The Hall–Kier alpha value is -2.22. The third kappa shape index (κ3) is 4.86. The summed E-state index contributed by atoms with van der Waals surface area (Å²) >= 11 is -0.971. The number of carbonyl (C=O) groups excluding carboxylic acids is 1. The van der Waals surface area contributed by atoms with Crippen molar-refractivity contribution >= 4 is 43.6 Å². The smallest absolute Gasteiger partial charge is 0.251 e. The lowest BCUT2D eigenvalue weighted by atomic mass is 9.95. The zero-order valence-corrected chi connectivity index (χ0v) is 17.6. The van der Waals surface area contributed by atoms with Gasteiger partial charge in [-0.15, -0.1) is 11.3 Å². The van der Waals surface area contributed by atoms with E-state index in [1.165, 1.54) is 22.1 Å². The van der Waals surface area contributed by atoms with Crippen LogP contribution in [0.2, 0.25) is 0 Å². The molecule has 1 aliphatic carbocycles. The van der Waals surface area contributed by atoms with Gasteiger partial charge in [0.05, 0.1) is 6.54 Å². The highest BCUT2D eigenvalue weighted by Crippen LogP contribution is 2.33. The summed E-state index contributed by atoms with van der Waals surface area (Å²) in [6.07, 6.45) is 5.61. The molecule has 1 fully saturated rings. The number of amides is 1. The van der Waals surface area contributed by atoms with Crippen LogP contribution in [0.5, 0.6) is 0 Å². The molecule has 5 nitrogen and oxygen atoms in total. The fourth-order valence-corrected chi connectivity index (χ4v) is 5.50. The summed E-state index contributed by atoms with van der Waals surface area (Å²) in [5, 5.41) is 4.80. The Labute approximate surface area is 177 Å². The molecule has 1 amide bonds. The zero-order chi connectivity index (χ0) is 20.2. The number of hydrogen-bond donors (Lipinski definition) is 1. The molecule has 0 saturated heterocycles. The highest BCUT2D eigenvalue weighted by molar-refractivity contribution is 7.80. The predicted molar refractivity (Wildman–Crippen MR) is 118 cm³/mol. The van der Waals surface area contributed by atoms with Gasteiger partial charge in [-0.25, -0.2) is 0 Å². The first kappa shape index (κ1) is 20.1. The average Bonchev–Trinajstić information content (AvgIpc) is 3.16. The van der Waals surface area contributed by atoms with E-state index >= 15 is 0 Å². The average molecular weight is 428 g/mol. The normalized spacial score (nSPS) is 15.9. The lowest BCUT2D eigenvalue weighted by Crippen LogP contribution is -2.36. The first-order valence-electron chi connectivity index (χ1n) is 9.85. The molecule has 4 rings (SSSR count). The second kappa shape index (κ2) is 9.07. The molecule has 2 aromatic carbocycles. The molecule has 0 aliphatic heterocycles. The van der Waals surface area contributed by atoms with Gasteiger partial charge in [-0.1, -0.05) is 49.6 Å². The van der Waals surface area contributed by atoms with Crippen molar-refractivity contribution < 1.29 is 13.6 Å². The fraction of sp³-hybridized carbons (Fsp3) is 0.318. The highest BCUT2D eigenvalue weighted by Gasteiger charge is 2.17. The minimum absolute atomic E-state index is 0.0876. The number of rotatable bonds is 6. The Kier molecular flexibility index (Phi) is 6.28. The van der Waals surface area contributed by atoms with E-state index in [9.17, 15) is 13.6 Å². The van der Waals surface area contributed by atoms with E-state index in [4.69, 9.17) is 0 Å². The van der Waals surface area contributed by atoms with Crippen LogP contribution in [0.15, 0.2) is 54.6 Å². The van der Waals surface area contributed by atoms with Crippen molar-refractivity contribution in [3.05, 3.63) is 65.7 Å². The number of benzene rings is 2. The summed E-state index contributed by atoms with van der Waals surface area (Å²) in [5.74, 6) is -0.0876. The summed E-state index contributed by atoms with van der Waals surface area (Å²) in [6.45, 7) is 0.188. The van der Waals surface area contributed by atoms with Gasteiger partial charge in [0, 0.05) is 27.6 Å². The molecule has 3 aromatic rings. The predicted octanol–water partition coefficient (Wildman–Crippen LogP) is 4.76. The van der Waals surface area contributed by atoms with Gasteiger partial charge in [-0.05, 0) is 48.1 Å². The van der Waals surface area contributed by atoms with Crippen molar-refractivity contribution in [2.24, 2.45) is 0 Å². The maximum absolute atomic E-state index is 12.6. The summed E-state index contributed by atoms with van der Waals surface area (Å²) in [4.78, 5) is 12.6. The van der Waals surface area contributed by atoms with Gasteiger partial charge in [0.2, 0.25) is 0 Å². The molecule has 1 unspecified atom stereocenters. The quantitative estimate of drug-likeness (QED) is 0.576. The Bertz CT molecular complexity index is 995. The Morgan fingerprint density at radius 2 is 1.90 bits per heavy atom. The van der Waals surface area contributed by atoms with E-state index in [1.54, 1.807) is 12.1 Å². The summed E-state index contributed by atoms with van der Waals surface area (Å²) in [7, 11) is 0. The van der Waals surface area contributed by atoms with E-state index in [0.717, 1.165) is 41.3 Å². The van der Waals surface area contributed by atoms with E-state index in [1.807, 2.05) is 42.5 Å². The molecule has 1 aliphatic rings. The number of nitrogens with zero attached hydrogens (tertiary/aromatic N) is 1. The number of thiophene rings is 1. The van der Waals surface area contributed by atoms with E-state index in [0.29, 0.717) is 10.6 Å². The monoisotopic (exact) mass is 427 g/mol. The van der Waals surface area contributed by atoms with E-state index in [-0.39, 0.29) is 18.5 Å². The van der Waals surface area contributed by atoms with E-state index < -0.39 is 11.3 Å². The maximum atomic E-state index is 12.6. The number of fused-ring (bicyclic) bond motifs is 1. The molecule has 1 saturated carbocycles. The van der Waals surface area contributed by atoms with Crippen LogP contribution < -0.4 is 9.62 Å². The topological polar surface area (TPSA) is 72.5 Å². The molecule has 0 radical (unpaired) electrons. The van der Waals surface area contributed by atoms with Gasteiger partial charge in [0.15, 0.2) is 0 Å². The molecular weight excluding hydrogens is 404 g/mol. The molecule has 1 N–H and O–H groups in total. The van der Waals surface area contributed by atoms with Crippen molar-refractivity contribution in [2.75, 3.05) is 4.31 Å². The summed E-state index contributed by atoms with van der Waals surface area (Å²) in [6, 6.07) is 17.2. The fourth-order valence-electron chi connectivity index (χ4n) is 3.79. The van der Waals surface area contributed by atoms with Gasteiger partial charge >= 0.3 is 0 Å². The summed E-state index contributed by atoms with van der Waals surface area (Å²) < 4.78 is 26.2. The van der Waals surface area contributed by atoms with Crippen LogP contribution >= 0.6 is 11.3 Å². The number of carbonyl (C=O) groups is 1. The van der Waals surface area contributed by atoms with Crippen LogP contribution in [0.3, 0.4) is 0 Å². The van der Waals surface area contributed by atoms with Gasteiger partial charge in [-0.2, -0.15) is 0 Å². The SMILES string of the molecule is O=C(NC1CCCCC1)c1cccc(CN(c2cc3ccccc3s2)S(=O)[O-])c1. The molecule has 152 valence electrons. The zero-order valence-electron chi connectivity index (χ0n) is 16.0. The molecule has 1 aromatic heterocycles. The second-order valence-corrected chi connectivity index (χ2v) is 9.32. The van der Waals surface area contributed by atoms with Gasteiger partial charge < -0.3 is 9.87 Å². The number of nitrogens with one attached hydrogen (secondary N) is 1. The van der Waals surface area contributed by atoms with Crippen molar-refractivity contribution in [1.82, 2.24) is 5.32 Å². The standard InChI is InChI=1S/C22H24N2O3S2/c25-22(23-19-10-2-1-3-11-19)18-9-6-7-16(13-18)15-24(29(26)27)21-14-17-8-4-5-12-20(17)28-21/h4-9,12-14,19H,1-3,10-11,15H2,(H,23,25)(H,26,27)/p-1. The van der Waals surface area contributed by atoms with Crippen LogP contribution in [-0.2, 0) is 17.8 Å². The van der Waals surface area contributed by atoms with Crippen LogP contribution in [0.1, 0.15) is 48.0 Å².